The number of hydrogen-bond acceptors (Lipinski definition) is 6. The number of nitrogens with zero attached hydrogens (tertiary/aromatic N) is 5. The van der Waals surface area contributed by atoms with E-state index in [0.717, 1.165) is 67.0 Å². The van der Waals surface area contributed by atoms with Gasteiger partial charge in [0, 0.05) is 56.6 Å². The quantitative estimate of drug-likeness (QED) is 0.455. The Labute approximate surface area is 186 Å². The lowest BCUT2D eigenvalue weighted by molar-refractivity contribution is 0.260. The molecular weight excluding hydrogens is 405 g/mol. The highest BCUT2D eigenvalue weighted by Gasteiger charge is 2.18. The van der Waals surface area contributed by atoms with Crippen LogP contribution in [0.3, 0.4) is 0 Å². The zero-order valence-corrected chi connectivity index (χ0v) is 17.7. The number of pyridine rings is 1. The number of piperazine rings is 1. The maximum Gasteiger partial charge on any atom is 0.224 e. The fraction of sp³-hybridized carbons (Fsp3) is 0.240. The number of ether oxygens (including phenoxy) is 1. The summed E-state index contributed by atoms with van der Waals surface area (Å²) in [7, 11) is 0. The van der Waals surface area contributed by atoms with Crippen molar-refractivity contribution in [3.63, 3.8) is 0 Å². The third kappa shape index (κ3) is 4.84. The second kappa shape index (κ2) is 9.28. The summed E-state index contributed by atoms with van der Waals surface area (Å²) in [6.07, 6.45) is 6.08. The molecule has 0 N–H and O–H groups in total. The van der Waals surface area contributed by atoms with Gasteiger partial charge >= 0.3 is 0 Å². The van der Waals surface area contributed by atoms with Crippen molar-refractivity contribution in [3.05, 3.63) is 84.7 Å². The van der Waals surface area contributed by atoms with E-state index >= 15 is 0 Å². The molecule has 7 heteroatoms. The first kappa shape index (κ1) is 20.3. The summed E-state index contributed by atoms with van der Waals surface area (Å²) in [5.74, 6) is 1.95. The molecule has 4 aromatic rings. The van der Waals surface area contributed by atoms with Crippen LogP contribution in [0.2, 0.25) is 0 Å². The van der Waals surface area contributed by atoms with Crippen LogP contribution in [0.4, 0.5) is 10.2 Å². The zero-order chi connectivity index (χ0) is 21.8. The number of benzene rings is 2. The first-order valence-electron chi connectivity index (χ1n) is 10.8. The Morgan fingerprint density at radius 2 is 1.72 bits per heavy atom. The van der Waals surface area contributed by atoms with Crippen molar-refractivity contribution < 1.29 is 9.13 Å². The van der Waals surface area contributed by atoms with Crippen molar-refractivity contribution in [2.24, 2.45) is 0 Å². The fourth-order valence-electron chi connectivity index (χ4n) is 3.94. The highest BCUT2D eigenvalue weighted by molar-refractivity contribution is 5.82. The Bertz CT molecular complexity index is 1190. The maximum absolute atomic E-state index is 13.1. The summed E-state index contributed by atoms with van der Waals surface area (Å²) in [6.45, 7) is 4.67. The lowest BCUT2D eigenvalue weighted by Gasteiger charge is -2.35. The SMILES string of the molecule is Fc1ccc(CCN2CCN(c3cc(Oc4ccc5cnccc5c4)ncn3)CC2)cc1. The molecule has 2 aromatic heterocycles. The summed E-state index contributed by atoms with van der Waals surface area (Å²) < 4.78 is 19.1. The molecule has 32 heavy (non-hydrogen) atoms. The van der Waals surface area contributed by atoms with E-state index in [-0.39, 0.29) is 5.82 Å². The van der Waals surface area contributed by atoms with E-state index in [0.29, 0.717) is 5.88 Å². The molecule has 2 aromatic carbocycles. The van der Waals surface area contributed by atoms with Crippen LogP contribution in [0.5, 0.6) is 11.6 Å². The molecule has 1 aliphatic heterocycles. The average molecular weight is 429 g/mol. The average Bonchev–Trinajstić information content (AvgIpc) is 2.84. The van der Waals surface area contributed by atoms with Crippen LogP contribution in [0.1, 0.15) is 5.56 Å². The fourth-order valence-corrected chi connectivity index (χ4v) is 3.94. The molecule has 0 saturated carbocycles. The number of anilines is 1. The normalized spacial score (nSPS) is 14.6. The third-order valence-corrected chi connectivity index (χ3v) is 5.79. The van der Waals surface area contributed by atoms with Crippen molar-refractivity contribution in [3.8, 4) is 11.6 Å². The van der Waals surface area contributed by atoms with Crippen molar-refractivity contribution in [2.45, 2.75) is 6.42 Å². The summed E-state index contributed by atoms with van der Waals surface area (Å²) >= 11 is 0. The summed E-state index contributed by atoms with van der Waals surface area (Å²) in [5, 5.41) is 2.14. The van der Waals surface area contributed by atoms with Gasteiger partial charge in [-0.25, -0.2) is 14.4 Å². The van der Waals surface area contributed by atoms with Crippen molar-refractivity contribution >= 4 is 16.6 Å². The minimum atomic E-state index is -0.187. The predicted molar refractivity (Wildman–Crippen MR) is 123 cm³/mol. The van der Waals surface area contributed by atoms with Crippen molar-refractivity contribution in [2.75, 3.05) is 37.6 Å². The largest absolute Gasteiger partial charge is 0.439 e. The second-order valence-electron chi connectivity index (χ2n) is 7.91. The highest BCUT2D eigenvalue weighted by Crippen LogP contribution is 2.26. The number of halogens is 1. The minimum absolute atomic E-state index is 0.187. The zero-order valence-electron chi connectivity index (χ0n) is 17.7. The van der Waals surface area contributed by atoms with Gasteiger partial charge in [0.15, 0.2) is 0 Å². The first-order valence-corrected chi connectivity index (χ1v) is 10.8. The Hall–Kier alpha value is -3.58. The van der Waals surface area contributed by atoms with Crippen molar-refractivity contribution in [1.29, 1.82) is 0 Å². The summed E-state index contributed by atoms with van der Waals surface area (Å²) in [5.41, 5.74) is 1.16. The van der Waals surface area contributed by atoms with Crippen LogP contribution >= 0.6 is 0 Å². The van der Waals surface area contributed by atoms with E-state index in [1.807, 2.05) is 48.7 Å². The molecule has 0 radical (unpaired) electrons. The number of rotatable bonds is 6. The van der Waals surface area contributed by atoms with Gasteiger partial charge < -0.3 is 9.64 Å². The lowest BCUT2D eigenvalue weighted by Crippen LogP contribution is -2.47. The minimum Gasteiger partial charge on any atom is -0.439 e. The van der Waals surface area contributed by atoms with Gasteiger partial charge in [-0.15, -0.1) is 0 Å². The Balaban J connectivity index is 1.18. The molecule has 0 spiro atoms. The van der Waals surface area contributed by atoms with Crippen LogP contribution in [0.15, 0.2) is 73.3 Å². The highest BCUT2D eigenvalue weighted by atomic mass is 19.1. The molecule has 0 bridgehead atoms. The number of fused-ring (bicyclic) bond motifs is 1. The number of aromatic nitrogens is 3. The van der Waals surface area contributed by atoms with E-state index in [9.17, 15) is 4.39 Å². The number of hydrogen-bond donors (Lipinski definition) is 0. The van der Waals surface area contributed by atoms with Gasteiger partial charge in [0.2, 0.25) is 5.88 Å². The van der Waals surface area contributed by atoms with Crippen LogP contribution in [-0.2, 0) is 6.42 Å². The standard InChI is InChI=1S/C25H24FN5O/c26-22-4-1-19(2-5-22)8-10-30-11-13-31(14-12-30)24-16-25(29-18-28-24)32-23-6-3-21-17-27-9-7-20(21)15-23/h1-7,9,15-18H,8,10-14H2. The Morgan fingerprint density at radius 1 is 0.875 bits per heavy atom. The summed E-state index contributed by atoms with van der Waals surface area (Å²) in [6, 6.07) is 16.5. The molecular formula is C25H24FN5O. The van der Waals surface area contributed by atoms with Gasteiger partial charge in [-0.3, -0.25) is 9.88 Å². The molecule has 0 amide bonds. The van der Waals surface area contributed by atoms with Gasteiger partial charge in [-0.05, 0) is 53.8 Å². The predicted octanol–water partition coefficient (Wildman–Crippen LogP) is 4.32. The molecule has 5 rings (SSSR count). The Kier molecular flexibility index (Phi) is 5.89. The van der Waals surface area contributed by atoms with Crippen LogP contribution in [0, 0.1) is 5.82 Å². The van der Waals surface area contributed by atoms with E-state index < -0.39 is 0 Å². The van der Waals surface area contributed by atoms with Gasteiger partial charge in [0.05, 0.1) is 0 Å². The molecule has 6 nitrogen and oxygen atoms in total. The lowest BCUT2D eigenvalue weighted by atomic mass is 10.1. The Morgan fingerprint density at radius 3 is 2.56 bits per heavy atom. The van der Waals surface area contributed by atoms with Gasteiger partial charge in [-0.1, -0.05) is 12.1 Å². The summed E-state index contributed by atoms with van der Waals surface area (Å²) in [4.78, 5) is 17.6. The monoisotopic (exact) mass is 429 g/mol. The van der Waals surface area contributed by atoms with E-state index in [4.69, 9.17) is 4.74 Å². The van der Waals surface area contributed by atoms with Crippen molar-refractivity contribution in [1.82, 2.24) is 19.9 Å². The first-order chi connectivity index (χ1) is 15.7. The van der Waals surface area contributed by atoms with Crippen LogP contribution < -0.4 is 9.64 Å². The van der Waals surface area contributed by atoms with Gasteiger partial charge in [-0.2, -0.15) is 0 Å². The molecule has 1 fully saturated rings. The van der Waals surface area contributed by atoms with E-state index in [1.165, 1.54) is 12.1 Å². The smallest absolute Gasteiger partial charge is 0.224 e. The maximum atomic E-state index is 13.1. The molecule has 0 atom stereocenters. The van der Waals surface area contributed by atoms with Gasteiger partial charge in [0.1, 0.15) is 23.7 Å². The molecule has 1 aliphatic rings. The second-order valence-corrected chi connectivity index (χ2v) is 7.91. The van der Waals surface area contributed by atoms with E-state index in [2.05, 4.69) is 24.8 Å². The molecule has 1 saturated heterocycles. The van der Waals surface area contributed by atoms with Crippen LogP contribution in [0.25, 0.3) is 10.8 Å². The molecule has 3 heterocycles. The molecule has 0 aliphatic carbocycles. The molecule has 162 valence electrons. The third-order valence-electron chi connectivity index (χ3n) is 5.79. The van der Waals surface area contributed by atoms with Gasteiger partial charge in [0.25, 0.3) is 0 Å². The molecule has 0 unspecified atom stereocenters. The van der Waals surface area contributed by atoms with Crippen LogP contribution in [-0.4, -0.2) is 52.6 Å². The van der Waals surface area contributed by atoms with E-state index in [1.54, 1.807) is 12.5 Å². The topological polar surface area (TPSA) is 54.4 Å².